The normalized spacial score (nSPS) is 21.8. The minimum absolute atomic E-state index is 0.0756. The van der Waals surface area contributed by atoms with Gasteiger partial charge in [0.2, 0.25) is 5.91 Å². The van der Waals surface area contributed by atoms with Crippen LogP contribution in [0.2, 0.25) is 0 Å². The van der Waals surface area contributed by atoms with Gasteiger partial charge in [-0.25, -0.2) is 0 Å². The van der Waals surface area contributed by atoms with Crippen molar-refractivity contribution in [2.45, 2.75) is 44.6 Å². The van der Waals surface area contributed by atoms with E-state index in [1.165, 1.54) is 12.8 Å². The van der Waals surface area contributed by atoms with E-state index in [2.05, 4.69) is 0 Å². The number of nitrogens with two attached hydrogens (primary N) is 1. The van der Waals surface area contributed by atoms with Crippen LogP contribution in [0.25, 0.3) is 0 Å². The fourth-order valence-corrected chi connectivity index (χ4v) is 2.85. The number of rotatable bonds is 3. The maximum atomic E-state index is 12.7. The monoisotopic (exact) mass is 260 g/mol. The molecule has 0 aromatic heterocycles. The quantitative estimate of drug-likeness (QED) is 0.907. The van der Waals surface area contributed by atoms with Crippen LogP contribution in [0.5, 0.6) is 0 Å². The zero-order valence-electron chi connectivity index (χ0n) is 11.7. The molecule has 2 N–H and O–H groups in total. The van der Waals surface area contributed by atoms with Gasteiger partial charge in [-0.05, 0) is 25.3 Å². The molecule has 2 rings (SSSR count). The topological polar surface area (TPSA) is 46.3 Å². The predicted octanol–water partition coefficient (Wildman–Crippen LogP) is 2.52. The second-order valence-electron chi connectivity index (χ2n) is 5.40. The highest BCUT2D eigenvalue weighted by molar-refractivity contribution is 5.83. The molecule has 0 radical (unpaired) electrons. The summed E-state index contributed by atoms with van der Waals surface area (Å²) < 4.78 is 0. The van der Waals surface area contributed by atoms with E-state index in [0.717, 1.165) is 24.9 Å². The van der Waals surface area contributed by atoms with Crippen molar-refractivity contribution in [1.29, 1.82) is 0 Å². The lowest BCUT2D eigenvalue weighted by Crippen LogP contribution is -2.45. The number of benzene rings is 1. The van der Waals surface area contributed by atoms with Crippen LogP contribution in [0.3, 0.4) is 0 Å². The van der Waals surface area contributed by atoms with Gasteiger partial charge < -0.3 is 10.6 Å². The van der Waals surface area contributed by atoms with Gasteiger partial charge in [0.15, 0.2) is 0 Å². The maximum absolute atomic E-state index is 12.7. The smallest absolute Gasteiger partial charge is 0.230 e. The van der Waals surface area contributed by atoms with E-state index >= 15 is 0 Å². The van der Waals surface area contributed by atoms with E-state index in [-0.39, 0.29) is 17.9 Å². The van der Waals surface area contributed by atoms with Crippen molar-refractivity contribution in [3.8, 4) is 0 Å². The van der Waals surface area contributed by atoms with Crippen LogP contribution in [0.1, 0.15) is 44.1 Å². The van der Waals surface area contributed by atoms with Gasteiger partial charge in [0.05, 0.1) is 5.92 Å². The first-order valence-corrected chi connectivity index (χ1v) is 7.29. The SMILES string of the molecule is CC(C(=O)N1CCCCCC1CN)c1ccccc1. The minimum Gasteiger partial charge on any atom is -0.338 e. The fourth-order valence-electron chi connectivity index (χ4n) is 2.85. The third kappa shape index (κ3) is 3.35. The molecule has 1 aliphatic rings. The second-order valence-corrected chi connectivity index (χ2v) is 5.40. The molecule has 1 saturated heterocycles. The van der Waals surface area contributed by atoms with Crippen LogP contribution in [-0.4, -0.2) is 29.9 Å². The van der Waals surface area contributed by atoms with E-state index < -0.39 is 0 Å². The summed E-state index contributed by atoms with van der Waals surface area (Å²) in [6.07, 6.45) is 4.54. The molecule has 0 aliphatic carbocycles. The Morgan fingerprint density at radius 3 is 2.74 bits per heavy atom. The van der Waals surface area contributed by atoms with E-state index in [1.807, 2.05) is 42.2 Å². The van der Waals surface area contributed by atoms with Crippen LogP contribution in [0.4, 0.5) is 0 Å². The molecule has 2 atom stereocenters. The number of carbonyl (C=O) groups excluding carboxylic acids is 1. The molecule has 1 heterocycles. The number of hydrogen-bond donors (Lipinski definition) is 1. The molecule has 1 aliphatic heterocycles. The fraction of sp³-hybridized carbons (Fsp3) is 0.562. The summed E-state index contributed by atoms with van der Waals surface area (Å²) in [7, 11) is 0. The summed E-state index contributed by atoms with van der Waals surface area (Å²) in [4.78, 5) is 14.7. The Balaban J connectivity index is 2.12. The molecule has 1 aromatic rings. The van der Waals surface area contributed by atoms with Gasteiger partial charge in [-0.3, -0.25) is 4.79 Å². The van der Waals surface area contributed by atoms with Gasteiger partial charge in [0.1, 0.15) is 0 Å². The highest BCUT2D eigenvalue weighted by Crippen LogP contribution is 2.23. The zero-order chi connectivity index (χ0) is 13.7. The van der Waals surface area contributed by atoms with Crippen molar-refractivity contribution in [3.63, 3.8) is 0 Å². The van der Waals surface area contributed by atoms with Crippen LogP contribution in [-0.2, 0) is 4.79 Å². The van der Waals surface area contributed by atoms with E-state index in [1.54, 1.807) is 0 Å². The third-order valence-corrected chi connectivity index (χ3v) is 4.10. The molecule has 104 valence electrons. The number of nitrogens with zero attached hydrogens (tertiary/aromatic N) is 1. The first-order chi connectivity index (χ1) is 9.24. The molecule has 1 fully saturated rings. The van der Waals surface area contributed by atoms with Crippen molar-refractivity contribution in [3.05, 3.63) is 35.9 Å². The summed E-state index contributed by atoms with van der Waals surface area (Å²) in [5.41, 5.74) is 6.94. The van der Waals surface area contributed by atoms with Crippen molar-refractivity contribution in [2.75, 3.05) is 13.1 Å². The van der Waals surface area contributed by atoms with Crippen molar-refractivity contribution in [1.82, 2.24) is 4.90 Å². The lowest BCUT2D eigenvalue weighted by atomic mass is 9.98. The van der Waals surface area contributed by atoms with Gasteiger partial charge >= 0.3 is 0 Å². The lowest BCUT2D eigenvalue weighted by molar-refractivity contribution is -0.134. The summed E-state index contributed by atoms with van der Waals surface area (Å²) >= 11 is 0. The molecule has 2 unspecified atom stereocenters. The Hall–Kier alpha value is -1.35. The van der Waals surface area contributed by atoms with E-state index in [9.17, 15) is 4.79 Å². The van der Waals surface area contributed by atoms with Crippen LogP contribution in [0, 0.1) is 0 Å². The Kier molecular flexibility index (Phi) is 4.97. The zero-order valence-corrected chi connectivity index (χ0v) is 11.7. The summed E-state index contributed by atoms with van der Waals surface area (Å²) in [6.45, 7) is 3.43. The van der Waals surface area contributed by atoms with E-state index in [0.29, 0.717) is 6.54 Å². The molecule has 19 heavy (non-hydrogen) atoms. The molecule has 1 aromatic carbocycles. The summed E-state index contributed by atoms with van der Waals surface area (Å²) in [6, 6.07) is 10.2. The second kappa shape index (κ2) is 6.71. The van der Waals surface area contributed by atoms with Crippen LogP contribution >= 0.6 is 0 Å². The Morgan fingerprint density at radius 1 is 1.32 bits per heavy atom. The van der Waals surface area contributed by atoms with Crippen molar-refractivity contribution < 1.29 is 4.79 Å². The molecule has 1 amide bonds. The predicted molar refractivity (Wildman–Crippen MR) is 77.9 cm³/mol. The average molecular weight is 260 g/mol. The summed E-state index contributed by atoms with van der Waals surface area (Å²) in [5, 5.41) is 0. The maximum Gasteiger partial charge on any atom is 0.230 e. The van der Waals surface area contributed by atoms with Crippen LogP contribution in [0.15, 0.2) is 30.3 Å². The molecule has 0 bridgehead atoms. The Bertz CT molecular complexity index is 404. The highest BCUT2D eigenvalue weighted by atomic mass is 16.2. The first-order valence-electron chi connectivity index (χ1n) is 7.29. The van der Waals surface area contributed by atoms with Crippen LogP contribution < -0.4 is 5.73 Å². The van der Waals surface area contributed by atoms with Gasteiger partial charge in [-0.2, -0.15) is 0 Å². The van der Waals surface area contributed by atoms with Gasteiger partial charge in [0, 0.05) is 19.1 Å². The number of amides is 1. The molecular weight excluding hydrogens is 236 g/mol. The molecule has 3 heteroatoms. The van der Waals surface area contributed by atoms with Gasteiger partial charge in [0.25, 0.3) is 0 Å². The third-order valence-electron chi connectivity index (χ3n) is 4.10. The minimum atomic E-state index is -0.0756. The van der Waals surface area contributed by atoms with Crippen molar-refractivity contribution >= 4 is 5.91 Å². The molecule has 3 nitrogen and oxygen atoms in total. The largest absolute Gasteiger partial charge is 0.338 e. The van der Waals surface area contributed by atoms with Gasteiger partial charge in [-0.1, -0.05) is 43.2 Å². The lowest BCUT2D eigenvalue weighted by Gasteiger charge is -2.31. The number of likely N-dealkylation sites (tertiary alicyclic amines) is 1. The van der Waals surface area contributed by atoms with Crippen molar-refractivity contribution in [2.24, 2.45) is 5.73 Å². The Labute approximate surface area is 115 Å². The van der Waals surface area contributed by atoms with Gasteiger partial charge in [-0.15, -0.1) is 0 Å². The number of hydrogen-bond acceptors (Lipinski definition) is 2. The molecular formula is C16H24N2O. The first kappa shape index (κ1) is 14.1. The standard InChI is InChI=1S/C16H24N2O/c1-13(14-8-4-2-5-9-14)16(19)18-11-7-3-6-10-15(18)12-17/h2,4-5,8-9,13,15H,3,6-7,10-12,17H2,1H3. The molecule has 0 spiro atoms. The number of carbonyl (C=O) groups is 1. The van der Waals surface area contributed by atoms with E-state index in [4.69, 9.17) is 5.73 Å². The Morgan fingerprint density at radius 2 is 2.05 bits per heavy atom. The highest BCUT2D eigenvalue weighted by Gasteiger charge is 2.28. The molecule has 0 saturated carbocycles. The summed E-state index contributed by atoms with van der Waals surface area (Å²) in [5.74, 6) is 0.150. The average Bonchev–Trinajstić information content (AvgIpc) is 2.71.